The Kier molecular flexibility index (Phi) is 3.90. The number of benzene rings is 2. The molecule has 0 spiro atoms. The van der Waals surface area contributed by atoms with Gasteiger partial charge in [0.05, 0.1) is 11.6 Å². The molecule has 1 amide bonds. The van der Waals surface area contributed by atoms with E-state index in [1.807, 2.05) is 30.3 Å². The number of carbonyl (C=O) groups excluding carboxylic acids is 1. The molecule has 0 aliphatic rings. The SMILES string of the molecule is C[C@@H](C(=O)Nc1ccc(F)cc1F)c1ccccc1. The monoisotopic (exact) mass is 261 g/mol. The van der Waals surface area contributed by atoms with Gasteiger partial charge < -0.3 is 5.32 Å². The van der Waals surface area contributed by atoms with Crippen LogP contribution in [0.25, 0.3) is 0 Å². The average Bonchev–Trinajstić information content (AvgIpc) is 2.42. The number of anilines is 1. The molecule has 0 aromatic heterocycles. The summed E-state index contributed by atoms with van der Waals surface area (Å²) in [5.41, 5.74) is 0.816. The zero-order valence-electron chi connectivity index (χ0n) is 10.4. The fourth-order valence-electron chi connectivity index (χ4n) is 1.72. The predicted molar refractivity (Wildman–Crippen MR) is 69.8 cm³/mol. The summed E-state index contributed by atoms with van der Waals surface area (Å²) in [6, 6.07) is 12.2. The van der Waals surface area contributed by atoms with Gasteiger partial charge in [-0.15, -0.1) is 0 Å². The average molecular weight is 261 g/mol. The van der Waals surface area contributed by atoms with Gasteiger partial charge in [-0.1, -0.05) is 30.3 Å². The number of halogens is 2. The predicted octanol–water partition coefficient (Wildman–Crippen LogP) is 3.71. The van der Waals surface area contributed by atoms with Gasteiger partial charge in [-0.3, -0.25) is 4.79 Å². The van der Waals surface area contributed by atoms with Gasteiger partial charge in [0.1, 0.15) is 11.6 Å². The van der Waals surface area contributed by atoms with Crippen LogP contribution in [0.5, 0.6) is 0 Å². The summed E-state index contributed by atoms with van der Waals surface area (Å²) in [5.74, 6) is -2.21. The molecule has 1 N–H and O–H groups in total. The molecule has 0 saturated heterocycles. The van der Waals surface area contributed by atoms with Crippen LogP contribution in [0.4, 0.5) is 14.5 Å². The molecule has 0 aliphatic carbocycles. The minimum atomic E-state index is -0.784. The molecule has 0 fully saturated rings. The summed E-state index contributed by atoms with van der Waals surface area (Å²) in [4.78, 5) is 12.0. The second-order valence-electron chi connectivity index (χ2n) is 4.25. The molecule has 98 valence electrons. The number of amides is 1. The highest BCUT2D eigenvalue weighted by molar-refractivity contribution is 5.95. The highest BCUT2D eigenvalue weighted by Crippen LogP contribution is 2.20. The third-order valence-electron chi connectivity index (χ3n) is 2.88. The maximum atomic E-state index is 13.4. The lowest BCUT2D eigenvalue weighted by molar-refractivity contribution is -0.117. The van der Waals surface area contributed by atoms with E-state index in [0.717, 1.165) is 17.7 Å². The van der Waals surface area contributed by atoms with Crippen molar-refractivity contribution in [3.8, 4) is 0 Å². The van der Waals surface area contributed by atoms with Crippen LogP contribution in [0.1, 0.15) is 18.4 Å². The Morgan fingerprint density at radius 2 is 1.79 bits per heavy atom. The third-order valence-corrected chi connectivity index (χ3v) is 2.88. The standard InChI is InChI=1S/C15H13F2NO/c1-10(11-5-3-2-4-6-11)15(19)18-14-8-7-12(16)9-13(14)17/h2-10H,1H3,(H,18,19)/t10-/m1/s1. The van der Waals surface area contributed by atoms with Crippen molar-refractivity contribution < 1.29 is 13.6 Å². The van der Waals surface area contributed by atoms with Gasteiger partial charge in [0.15, 0.2) is 0 Å². The zero-order chi connectivity index (χ0) is 13.8. The van der Waals surface area contributed by atoms with Crippen LogP contribution in [0.15, 0.2) is 48.5 Å². The maximum absolute atomic E-state index is 13.4. The van der Waals surface area contributed by atoms with Crippen LogP contribution in [0.3, 0.4) is 0 Å². The highest BCUT2D eigenvalue weighted by atomic mass is 19.1. The molecule has 0 radical (unpaired) electrons. The van der Waals surface area contributed by atoms with Crippen molar-refractivity contribution in [1.29, 1.82) is 0 Å². The molecule has 0 saturated carbocycles. The van der Waals surface area contributed by atoms with E-state index in [1.54, 1.807) is 6.92 Å². The Morgan fingerprint density at radius 3 is 2.42 bits per heavy atom. The normalized spacial score (nSPS) is 11.9. The minimum Gasteiger partial charge on any atom is -0.323 e. The van der Waals surface area contributed by atoms with Crippen LogP contribution in [0, 0.1) is 11.6 Å². The number of carbonyl (C=O) groups is 1. The molecule has 0 bridgehead atoms. The van der Waals surface area contributed by atoms with Gasteiger partial charge in [-0.2, -0.15) is 0 Å². The first-order valence-corrected chi connectivity index (χ1v) is 5.89. The molecule has 0 heterocycles. The first kappa shape index (κ1) is 13.2. The van der Waals surface area contributed by atoms with Crippen LogP contribution in [-0.2, 0) is 4.79 Å². The lowest BCUT2D eigenvalue weighted by atomic mass is 10.0. The van der Waals surface area contributed by atoms with Crippen LogP contribution in [-0.4, -0.2) is 5.91 Å². The lowest BCUT2D eigenvalue weighted by Crippen LogP contribution is -2.19. The molecule has 2 aromatic carbocycles. The molecule has 1 atom stereocenters. The van der Waals surface area contributed by atoms with Crippen molar-refractivity contribution in [2.75, 3.05) is 5.32 Å². The summed E-state index contributed by atoms with van der Waals surface area (Å²) >= 11 is 0. The van der Waals surface area contributed by atoms with E-state index in [4.69, 9.17) is 0 Å². The Balaban J connectivity index is 2.13. The molecular formula is C15H13F2NO. The summed E-state index contributed by atoms with van der Waals surface area (Å²) in [6.45, 7) is 1.73. The van der Waals surface area contributed by atoms with Crippen molar-refractivity contribution in [1.82, 2.24) is 0 Å². The first-order valence-electron chi connectivity index (χ1n) is 5.89. The van der Waals surface area contributed by atoms with E-state index in [0.29, 0.717) is 0 Å². The molecule has 4 heteroatoms. The number of hydrogen-bond donors (Lipinski definition) is 1. The topological polar surface area (TPSA) is 29.1 Å². The molecule has 2 rings (SSSR count). The van der Waals surface area contributed by atoms with Crippen molar-refractivity contribution in [2.45, 2.75) is 12.8 Å². The Hall–Kier alpha value is -2.23. The quantitative estimate of drug-likeness (QED) is 0.896. The Morgan fingerprint density at radius 1 is 1.11 bits per heavy atom. The van der Waals surface area contributed by atoms with Gasteiger partial charge in [-0.05, 0) is 24.6 Å². The number of hydrogen-bond acceptors (Lipinski definition) is 1. The molecule has 2 nitrogen and oxygen atoms in total. The zero-order valence-corrected chi connectivity index (χ0v) is 10.4. The molecule has 19 heavy (non-hydrogen) atoms. The number of rotatable bonds is 3. The number of nitrogens with one attached hydrogen (secondary N) is 1. The second kappa shape index (κ2) is 5.61. The Bertz CT molecular complexity index is 584. The fourth-order valence-corrected chi connectivity index (χ4v) is 1.72. The van der Waals surface area contributed by atoms with Gasteiger partial charge in [-0.25, -0.2) is 8.78 Å². The van der Waals surface area contributed by atoms with Gasteiger partial charge in [0, 0.05) is 6.07 Å². The minimum absolute atomic E-state index is 0.0193. The first-order chi connectivity index (χ1) is 9.08. The van der Waals surface area contributed by atoms with Crippen LogP contribution in [0.2, 0.25) is 0 Å². The van der Waals surface area contributed by atoms with E-state index >= 15 is 0 Å². The van der Waals surface area contributed by atoms with Crippen molar-refractivity contribution in [3.63, 3.8) is 0 Å². The van der Waals surface area contributed by atoms with E-state index in [1.165, 1.54) is 6.07 Å². The molecule has 2 aromatic rings. The highest BCUT2D eigenvalue weighted by Gasteiger charge is 2.16. The fraction of sp³-hybridized carbons (Fsp3) is 0.133. The third kappa shape index (κ3) is 3.16. The summed E-state index contributed by atoms with van der Waals surface area (Å²) in [5, 5.41) is 2.46. The van der Waals surface area contributed by atoms with E-state index < -0.39 is 17.6 Å². The van der Waals surface area contributed by atoms with Crippen molar-refractivity contribution in [2.24, 2.45) is 0 Å². The van der Waals surface area contributed by atoms with Crippen LogP contribution < -0.4 is 5.32 Å². The Labute approximate surface area is 110 Å². The molecule has 0 unspecified atom stereocenters. The largest absolute Gasteiger partial charge is 0.323 e. The summed E-state index contributed by atoms with van der Waals surface area (Å²) < 4.78 is 26.2. The summed E-state index contributed by atoms with van der Waals surface area (Å²) in [6.07, 6.45) is 0. The second-order valence-corrected chi connectivity index (χ2v) is 4.25. The van der Waals surface area contributed by atoms with E-state index in [-0.39, 0.29) is 11.6 Å². The molecular weight excluding hydrogens is 248 g/mol. The smallest absolute Gasteiger partial charge is 0.231 e. The van der Waals surface area contributed by atoms with Crippen LogP contribution >= 0.6 is 0 Å². The maximum Gasteiger partial charge on any atom is 0.231 e. The van der Waals surface area contributed by atoms with Gasteiger partial charge in [0.25, 0.3) is 0 Å². The van der Waals surface area contributed by atoms with E-state index in [2.05, 4.69) is 5.32 Å². The van der Waals surface area contributed by atoms with Gasteiger partial charge in [0.2, 0.25) is 5.91 Å². The van der Waals surface area contributed by atoms with Crippen molar-refractivity contribution in [3.05, 3.63) is 65.7 Å². The van der Waals surface area contributed by atoms with Crippen molar-refractivity contribution >= 4 is 11.6 Å². The van der Waals surface area contributed by atoms with Gasteiger partial charge >= 0.3 is 0 Å². The lowest BCUT2D eigenvalue weighted by Gasteiger charge is -2.13. The summed E-state index contributed by atoms with van der Waals surface area (Å²) in [7, 11) is 0. The van der Waals surface area contributed by atoms with E-state index in [9.17, 15) is 13.6 Å². The molecule has 0 aliphatic heterocycles.